The molecule has 1 aromatic rings. The Morgan fingerprint density at radius 2 is 2.14 bits per heavy atom. The SMILES string of the molecule is COCCn1cnnc1CC(C)(C)C. The maximum Gasteiger partial charge on any atom is 0.133 e. The van der Waals surface area contributed by atoms with Crippen LogP contribution < -0.4 is 0 Å². The zero-order valence-corrected chi connectivity index (χ0v) is 9.45. The highest BCUT2D eigenvalue weighted by Crippen LogP contribution is 2.18. The molecule has 80 valence electrons. The Balaban J connectivity index is 2.63. The van der Waals surface area contributed by atoms with Crippen molar-refractivity contribution in [3.8, 4) is 0 Å². The minimum Gasteiger partial charge on any atom is -0.383 e. The number of hydrogen-bond acceptors (Lipinski definition) is 3. The standard InChI is InChI=1S/C10H19N3O/c1-10(2,3)7-9-12-11-8-13(9)5-6-14-4/h8H,5-7H2,1-4H3. The molecule has 0 saturated carbocycles. The van der Waals surface area contributed by atoms with Gasteiger partial charge in [0.1, 0.15) is 12.2 Å². The van der Waals surface area contributed by atoms with Crippen LogP contribution in [0.25, 0.3) is 0 Å². The second-order valence-corrected chi connectivity index (χ2v) is 4.67. The second-order valence-electron chi connectivity index (χ2n) is 4.67. The topological polar surface area (TPSA) is 39.9 Å². The summed E-state index contributed by atoms with van der Waals surface area (Å²) >= 11 is 0. The van der Waals surface area contributed by atoms with Gasteiger partial charge in [-0.2, -0.15) is 0 Å². The summed E-state index contributed by atoms with van der Waals surface area (Å²) in [6.45, 7) is 8.12. The van der Waals surface area contributed by atoms with Crippen molar-refractivity contribution in [1.29, 1.82) is 0 Å². The third-order valence-corrected chi connectivity index (χ3v) is 1.92. The van der Waals surface area contributed by atoms with Crippen LogP contribution >= 0.6 is 0 Å². The van der Waals surface area contributed by atoms with Gasteiger partial charge in [-0.25, -0.2) is 0 Å². The predicted octanol–water partition coefficient (Wildman–Crippen LogP) is 1.51. The Morgan fingerprint density at radius 3 is 2.71 bits per heavy atom. The quantitative estimate of drug-likeness (QED) is 0.734. The molecule has 1 rings (SSSR count). The fourth-order valence-corrected chi connectivity index (χ4v) is 1.27. The maximum atomic E-state index is 5.02. The minimum absolute atomic E-state index is 0.248. The minimum atomic E-state index is 0.248. The molecule has 4 nitrogen and oxygen atoms in total. The molecule has 0 spiro atoms. The predicted molar refractivity (Wildman–Crippen MR) is 55.1 cm³/mol. The first-order chi connectivity index (χ1) is 6.53. The lowest BCUT2D eigenvalue weighted by Crippen LogP contribution is -2.15. The molecule has 0 aliphatic rings. The van der Waals surface area contributed by atoms with Gasteiger partial charge >= 0.3 is 0 Å². The summed E-state index contributed by atoms with van der Waals surface area (Å²) < 4.78 is 7.07. The molecule has 0 atom stereocenters. The summed E-state index contributed by atoms with van der Waals surface area (Å²) in [5, 5.41) is 8.03. The number of aromatic nitrogens is 3. The van der Waals surface area contributed by atoms with Crippen LogP contribution in [0.2, 0.25) is 0 Å². The van der Waals surface area contributed by atoms with E-state index in [0.717, 1.165) is 18.8 Å². The molecule has 4 heteroatoms. The molecule has 0 bridgehead atoms. The van der Waals surface area contributed by atoms with Gasteiger partial charge in [0, 0.05) is 20.1 Å². The van der Waals surface area contributed by atoms with Crippen molar-refractivity contribution in [1.82, 2.24) is 14.8 Å². The van der Waals surface area contributed by atoms with E-state index >= 15 is 0 Å². The Morgan fingerprint density at radius 1 is 1.43 bits per heavy atom. The Hall–Kier alpha value is -0.900. The first-order valence-corrected chi connectivity index (χ1v) is 4.88. The number of hydrogen-bond donors (Lipinski definition) is 0. The van der Waals surface area contributed by atoms with E-state index in [2.05, 4.69) is 35.5 Å². The molecule has 14 heavy (non-hydrogen) atoms. The van der Waals surface area contributed by atoms with Gasteiger partial charge in [-0.3, -0.25) is 0 Å². The Bertz CT molecular complexity index is 275. The van der Waals surface area contributed by atoms with E-state index < -0.39 is 0 Å². The molecule has 0 aliphatic carbocycles. The average molecular weight is 197 g/mol. The van der Waals surface area contributed by atoms with Crippen LogP contribution in [0.4, 0.5) is 0 Å². The molecule has 1 heterocycles. The van der Waals surface area contributed by atoms with Gasteiger partial charge in [0.15, 0.2) is 0 Å². The van der Waals surface area contributed by atoms with Crippen molar-refractivity contribution in [3.05, 3.63) is 12.2 Å². The van der Waals surface area contributed by atoms with Gasteiger partial charge in [-0.1, -0.05) is 20.8 Å². The second kappa shape index (κ2) is 4.55. The monoisotopic (exact) mass is 197 g/mol. The number of nitrogens with zero attached hydrogens (tertiary/aromatic N) is 3. The number of methoxy groups -OCH3 is 1. The van der Waals surface area contributed by atoms with E-state index in [0.29, 0.717) is 6.61 Å². The lowest BCUT2D eigenvalue weighted by molar-refractivity contribution is 0.185. The molecule has 0 aliphatic heterocycles. The smallest absolute Gasteiger partial charge is 0.133 e. The normalized spacial score (nSPS) is 12.0. The van der Waals surface area contributed by atoms with Crippen molar-refractivity contribution < 1.29 is 4.74 Å². The summed E-state index contributed by atoms with van der Waals surface area (Å²) in [6, 6.07) is 0. The van der Waals surface area contributed by atoms with E-state index in [1.165, 1.54) is 0 Å². The van der Waals surface area contributed by atoms with E-state index in [1.54, 1.807) is 13.4 Å². The summed E-state index contributed by atoms with van der Waals surface area (Å²) in [5.74, 6) is 1.04. The lowest BCUT2D eigenvalue weighted by atomic mass is 9.92. The number of rotatable bonds is 4. The van der Waals surface area contributed by atoms with Crippen molar-refractivity contribution in [2.45, 2.75) is 33.7 Å². The summed E-state index contributed by atoms with van der Waals surface area (Å²) in [5.41, 5.74) is 0.248. The van der Waals surface area contributed by atoms with Crippen molar-refractivity contribution in [2.24, 2.45) is 5.41 Å². The van der Waals surface area contributed by atoms with E-state index in [9.17, 15) is 0 Å². The Labute approximate surface area is 85.3 Å². The average Bonchev–Trinajstić information content (AvgIpc) is 2.45. The van der Waals surface area contributed by atoms with Gasteiger partial charge in [-0.05, 0) is 5.41 Å². The van der Waals surface area contributed by atoms with Crippen LogP contribution in [0.1, 0.15) is 26.6 Å². The van der Waals surface area contributed by atoms with Gasteiger partial charge < -0.3 is 9.30 Å². The molecular weight excluding hydrogens is 178 g/mol. The highest BCUT2D eigenvalue weighted by atomic mass is 16.5. The van der Waals surface area contributed by atoms with Crippen molar-refractivity contribution >= 4 is 0 Å². The van der Waals surface area contributed by atoms with Crippen LogP contribution in [-0.4, -0.2) is 28.5 Å². The Kier molecular flexibility index (Phi) is 3.63. The van der Waals surface area contributed by atoms with Gasteiger partial charge in [0.2, 0.25) is 0 Å². The van der Waals surface area contributed by atoms with Crippen LogP contribution in [0.15, 0.2) is 6.33 Å². The van der Waals surface area contributed by atoms with Gasteiger partial charge in [0.05, 0.1) is 6.61 Å². The third-order valence-electron chi connectivity index (χ3n) is 1.92. The molecule has 0 unspecified atom stereocenters. The largest absolute Gasteiger partial charge is 0.383 e. The fourth-order valence-electron chi connectivity index (χ4n) is 1.27. The molecule has 0 radical (unpaired) electrons. The lowest BCUT2D eigenvalue weighted by Gasteiger charge is -2.17. The molecule has 0 fully saturated rings. The summed E-state index contributed by atoms with van der Waals surface area (Å²) in [6.07, 6.45) is 2.71. The molecule has 0 amide bonds. The zero-order chi connectivity index (χ0) is 10.6. The van der Waals surface area contributed by atoms with Gasteiger partial charge in [-0.15, -0.1) is 10.2 Å². The molecule has 0 aromatic carbocycles. The van der Waals surface area contributed by atoms with Crippen molar-refractivity contribution in [3.63, 3.8) is 0 Å². The van der Waals surface area contributed by atoms with E-state index in [4.69, 9.17) is 4.74 Å². The number of ether oxygens (including phenoxy) is 1. The van der Waals surface area contributed by atoms with Crippen LogP contribution in [-0.2, 0) is 17.7 Å². The molecule has 0 saturated heterocycles. The first kappa shape index (κ1) is 11.2. The molecule has 1 aromatic heterocycles. The van der Waals surface area contributed by atoms with E-state index in [-0.39, 0.29) is 5.41 Å². The first-order valence-electron chi connectivity index (χ1n) is 4.88. The van der Waals surface area contributed by atoms with Crippen molar-refractivity contribution in [2.75, 3.05) is 13.7 Å². The fraction of sp³-hybridized carbons (Fsp3) is 0.800. The highest BCUT2D eigenvalue weighted by Gasteiger charge is 2.15. The van der Waals surface area contributed by atoms with Crippen LogP contribution in [0.3, 0.4) is 0 Å². The van der Waals surface area contributed by atoms with E-state index in [1.807, 2.05) is 0 Å². The summed E-state index contributed by atoms with van der Waals surface area (Å²) in [7, 11) is 1.70. The van der Waals surface area contributed by atoms with Gasteiger partial charge in [0.25, 0.3) is 0 Å². The third kappa shape index (κ3) is 3.46. The molecular formula is C10H19N3O. The summed E-state index contributed by atoms with van der Waals surface area (Å²) in [4.78, 5) is 0. The van der Waals surface area contributed by atoms with Crippen LogP contribution in [0.5, 0.6) is 0 Å². The highest BCUT2D eigenvalue weighted by molar-refractivity contribution is 4.90. The maximum absolute atomic E-state index is 5.02. The van der Waals surface area contributed by atoms with Crippen LogP contribution in [0, 0.1) is 5.41 Å². The molecule has 0 N–H and O–H groups in total. The zero-order valence-electron chi connectivity index (χ0n) is 9.45.